The zero-order chi connectivity index (χ0) is 12.7. The molecule has 2 amide bonds. The minimum absolute atomic E-state index is 0. The topological polar surface area (TPSA) is 66.6 Å². The van der Waals surface area contributed by atoms with Gasteiger partial charge in [-0.15, -0.1) is 12.4 Å². The number of amides is 2. The van der Waals surface area contributed by atoms with E-state index in [1.54, 1.807) is 25.9 Å². The van der Waals surface area contributed by atoms with Crippen LogP contribution < -0.4 is 5.73 Å². The maximum atomic E-state index is 11.9. The van der Waals surface area contributed by atoms with Crippen LogP contribution in [0.25, 0.3) is 0 Å². The molecule has 2 N–H and O–H groups in total. The normalized spacial score (nSPS) is 11.4. The van der Waals surface area contributed by atoms with E-state index in [1.807, 2.05) is 6.92 Å². The highest BCUT2D eigenvalue weighted by molar-refractivity contribution is 5.86. The van der Waals surface area contributed by atoms with Crippen molar-refractivity contribution in [1.82, 2.24) is 9.80 Å². The van der Waals surface area contributed by atoms with Crippen molar-refractivity contribution in [1.29, 1.82) is 0 Å². The Balaban J connectivity index is 0. The minimum atomic E-state index is -0.221. The molecule has 5 nitrogen and oxygen atoms in total. The van der Waals surface area contributed by atoms with Crippen molar-refractivity contribution in [2.75, 3.05) is 33.7 Å². The van der Waals surface area contributed by atoms with Crippen LogP contribution in [0.3, 0.4) is 0 Å². The number of nitrogens with two attached hydrogens (primary N) is 1. The third kappa shape index (κ3) is 6.48. The lowest BCUT2D eigenvalue weighted by Crippen LogP contribution is -2.44. The van der Waals surface area contributed by atoms with E-state index in [0.29, 0.717) is 13.1 Å². The molecule has 0 rings (SSSR count). The van der Waals surface area contributed by atoms with Crippen LogP contribution in [0.15, 0.2) is 0 Å². The molecule has 0 spiro atoms. The van der Waals surface area contributed by atoms with E-state index >= 15 is 0 Å². The summed E-state index contributed by atoms with van der Waals surface area (Å²) in [5.41, 5.74) is 5.45. The van der Waals surface area contributed by atoms with Gasteiger partial charge in [0.1, 0.15) is 0 Å². The van der Waals surface area contributed by atoms with Crippen molar-refractivity contribution in [3.05, 3.63) is 0 Å². The van der Waals surface area contributed by atoms with Gasteiger partial charge in [-0.3, -0.25) is 9.59 Å². The van der Waals surface area contributed by atoms with Gasteiger partial charge in [-0.1, -0.05) is 13.8 Å². The van der Waals surface area contributed by atoms with Gasteiger partial charge in [-0.25, -0.2) is 0 Å². The number of carbonyl (C=O) groups is 2. The summed E-state index contributed by atoms with van der Waals surface area (Å²) < 4.78 is 0. The molecule has 0 aliphatic heterocycles. The van der Waals surface area contributed by atoms with Crippen molar-refractivity contribution in [3.63, 3.8) is 0 Å². The van der Waals surface area contributed by atoms with Gasteiger partial charge >= 0.3 is 0 Å². The molecule has 0 aliphatic carbocycles. The number of hydrogen-bond donors (Lipinski definition) is 1. The second kappa shape index (κ2) is 9.24. The molecule has 0 saturated heterocycles. The van der Waals surface area contributed by atoms with Crippen LogP contribution in [-0.2, 0) is 9.59 Å². The van der Waals surface area contributed by atoms with Crippen molar-refractivity contribution in [3.8, 4) is 0 Å². The fraction of sp³-hybridized carbons (Fsp3) is 0.818. The Hall–Kier alpha value is -0.810. The molecule has 0 saturated carbocycles. The average Bonchev–Trinajstić information content (AvgIpc) is 2.26. The fourth-order valence-electron chi connectivity index (χ4n) is 1.25. The van der Waals surface area contributed by atoms with E-state index in [0.717, 1.165) is 6.42 Å². The van der Waals surface area contributed by atoms with Crippen molar-refractivity contribution in [2.45, 2.75) is 20.3 Å². The lowest BCUT2D eigenvalue weighted by atomic mass is 10.1. The van der Waals surface area contributed by atoms with E-state index in [9.17, 15) is 9.59 Å². The Morgan fingerprint density at radius 1 is 1.29 bits per heavy atom. The van der Waals surface area contributed by atoms with Crippen LogP contribution in [0, 0.1) is 5.92 Å². The number of hydrogen-bond acceptors (Lipinski definition) is 3. The van der Waals surface area contributed by atoms with Gasteiger partial charge in [-0.05, 0) is 6.42 Å². The summed E-state index contributed by atoms with van der Waals surface area (Å²) in [6.07, 6.45) is 0.837. The van der Waals surface area contributed by atoms with Crippen molar-refractivity contribution in [2.24, 2.45) is 11.7 Å². The lowest BCUT2D eigenvalue weighted by Gasteiger charge is -2.25. The Morgan fingerprint density at radius 2 is 1.82 bits per heavy atom. The summed E-state index contributed by atoms with van der Waals surface area (Å²) in [7, 11) is 3.37. The lowest BCUT2D eigenvalue weighted by molar-refractivity contribution is -0.141. The first-order chi connectivity index (χ1) is 7.43. The van der Waals surface area contributed by atoms with Crippen LogP contribution in [0.5, 0.6) is 0 Å². The van der Waals surface area contributed by atoms with Crippen LogP contribution in [0.1, 0.15) is 20.3 Å². The SMILES string of the molecule is CCCN(CC(=O)N(C)C)C(=O)C(C)CN.Cl. The zero-order valence-corrected chi connectivity index (χ0v) is 11.9. The number of halogens is 1. The standard InChI is InChI=1S/C11H23N3O2.ClH/c1-5-6-14(8-10(15)13(3)4)11(16)9(2)7-12;/h9H,5-8,12H2,1-4H3;1H. The molecule has 0 aromatic carbocycles. The van der Waals surface area contributed by atoms with E-state index in [1.165, 1.54) is 4.90 Å². The molecule has 1 atom stereocenters. The highest BCUT2D eigenvalue weighted by Gasteiger charge is 2.21. The Bertz CT molecular complexity index is 247. The molecular weight excluding hydrogens is 242 g/mol. The van der Waals surface area contributed by atoms with Crippen LogP contribution in [0.2, 0.25) is 0 Å². The second-order valence-electron chi connectivity index (χ2n) is 4.18. The second-order valence-corrected chi connectivity index (χ2v) is 4.18. The summed E-state index contributed by atoms with van der Waals surface area (Å²) >= 11 is 0. The van der Waals surface area contributed by atoms with Crippen molar-refractivity contribution >= 4 is 24.2 Å². The minimum Gasteiger partial charge on any atom is -0.347 e. The summed E-state index contributed by atoms with van der Waals surface area (Å²) in [4.78, 5) is 26.5. The van der Waals surface area contributed by atoms with E-state index < -0.39 is 0 Å². The molecule has 102 valence electrons. The van der Waals surface area contributed by atoms with Gasteiger partial charge in [-0.2, -0.15) is 0 Å². The smallest absolute Gasteiger partial charge is 0.241 e. The molecule has 0 aromatic heterocycles. The first-order valence-electron chi connectivity index (χ1n) is 5.63. The largest absolute Gasteiger partial charge is 0.347 e. The first-order valence-corrected chi connectivity index (χ1v) is 5.63. The molecule has 0 heterocycles. The molecule has 0 fully saturated rings. The summed E-state index contributed by atoms with van der Waals surface area (Å²) in [6.45, 7) is 4.82. The highest BCUT2D eigenvalue weighted by Crippen LogP contribution is 2.03. The van der Waals surface area contributed by atoms with Gasteiger partial charge in [0.05, 0.1) is 6.54 Å². The van der Waals surface area contributed by atoms with Gasteiger partial charge in [0.15, 0.2) is 0 Å². The predicted molar refractivity (Wildman–Crippen MR) is 71.0 cm³/mol. The van der Waals surface area contributed by atoms with E-state index in [2.05, 4.69) is 0 Å². The predicted octanol–water partition coefficient (Wildman–Crippen LogP) is 0.330. The van der Waals surface area contributed by atoms with E-state index in [4.69, 9.17) is 5.73 Å². The number of rotatable bonds is 6. The molecule has 0 radical (unpaired) electrons. The maximum absolute atomic E-state index is 11.9. The summed E-state index contributed by atoms with van der Waals surface area (Å²) in [6, 6.07) is 0. The van der Waals surface area contributed by atoms with Crippen LogP contribution >= 0.6 is 12.4 Å². The zero-order valence-electron chi connectivity index (χ0n) is 11.1. The fourth-order valence-corrected chi connectivity index (χ4v) is 1.25. The monoisotopic (exact) mass is 265 g/mol. The summed E-state index contributed by atoms with van der Waals surface area (Å²) in [5.74, 6) is -0.327. The number of likely N-dealkylation sites (N-methyl/N-ethyl adjacent to an activating group) is 1. The van der Waals surface area contributed by atoms with Gasteiger partial charge in [0, 0.05) is 33.1 Å². The molecule has 0 aliphatic rings. The third-order valence-electron chi connectivity index (χ3n) is 2.41. The molecule has 0 aromatic rings. The molecule has 6 heteroatoms. The third-order valence-corrected chi connectivity index (χ3v) is 2.41. The first kappa shape index (κ1) is 18.6. The van der Waals surface area contributed by atoms with E-state index in [-0.39, 0.29) is 36.7 Å². The summed E-state index contributed by atoms with van der Waals surface area (Å²) in [5, 5.41) is 0. The Morgan fingerprint density at radius 3 is 2.18 bits per heavy atom. The maximum Gasteiger partial charge on any atom is 0.241 e. The number of carbonyl (C=O) groups excluding carboxylic acids is 2. The quantitative estimate of drug-likeness (QED) is 0.753. The van der Waals surface area contributed by atoms with Crippen LogP contribution in [0.4, 0.5) is 0 Å². The number of nitrogens with zero attached hydrogens (tertiary/aromatic N) is 2. The molecule has 0 bridgehead atoms. The van der Waals surface area contributed by atoms with Gasteiger partial charge in [0.2, 0.25) is 11.8 Å². The highest BCUT2D eigenvalue weighted by atomic mass is 35.5. The van der Waals surface area contributed by atoms with Crippen LogP contribution in [-0.4, -0.2) is 55.3 Å². The molecular formula is C11H24ClN3O2. The molecule has 1 unspecified atom stereocenters. The molecule has 17 heavy (non-hydrogen) atoms. The Labute approximate surface area is 110 Å². The van der Waals surface area contributed by atoms with Gasteiger partial charge in [0.25, 0.3) is 0 Å². The van der Waals surface area contributed by atoms with Gasteiger partial charge < -0.3 is 15.5 Å². The average molecular weight is 266 g/mol. The van der Waals surface area contributed by atoms with Crippen molar-refractivity contribution < 1.29 is 9.59 Å². The Kier molecular flexibility index (Phi) is 10.1.